The molecule has 3 amide bonds. The third kappa shape index (κ3) is 8.97. The quantitative estimate of drug-likeness (QED) is 0.126. The number of aromatic nitrogens is 2. The number of hydrogen-bond donors (Lipinski definition) is 4. The number of alkyl carbamates (subject to hydrolysis) is 1. The van der Waals surface area contributed by atoms with E-state index in [4.69, 9.17) is 28.9 Å². The average Bonchev–Trinajstić information content (AvgIpc) is 3.83. The summed E-state index contributed by atoms with van der Waals surface area (Å²) in [6.07, 6.45) is 2.25. The van der Waals surface area contributed by atoms with Crippen molar-refractivity contribution >= 4 is 51.2 Å². The van der Waals surface area contributed by atoms with Gasteiger partial charge in [-0.2, -0.15) is 0 Å². The summed E-state index contributed by atoms with van der Waals surface area (Å²) in [5, 5.41) is 22.5. The maximum absolute atomic E-state index is 14.7. The van der Waals surface area contributed by atoms with Crippen molar-refractivity contribution in [2.45, 2.75) is 116 Å². The van der Waals surface area contributed by atoms with Crippen LogP contribution >= 0.6 is 11.3 Å². The number of methoxy groups -OCH3 is 1. The van der Waals surface area contributed by atoms with Crippen molar-refractivity contribution in [3.63, 3.8) is 0 Å². The molecule has 3 aromatic rings. The summed E-state index contributed by atoms with van der Waals surface area (Å²) in [5.41, 5.74) is -0.381. The van der Waals surface area contributed by atoms with Crippen molar-refractivity contribution in [3.05, 3.63) is 29.6 Å². The van der Waals surface area contributed by atoms with Crippen molar-refractivity contribution in [1.29, 1.82) is 0 Å². The second-order valence-electron chi connectivity index (χ2n) is 17.6. The third-order valence-corrected chi connectivity index (χ3v) is 12.6. The number of benzene rings is 1. The SMILES string of the molecule is CCC1C[C@]1(NC(=O)[C@@H]1CC(Oc2cc(-c3csc(NC(C)C)n3)nc3cc(OCCOC)ccc23)CN1C(=O)[C@@H](NC(=O)OC1C[C@@H]2C[C@@H]2C1)C(C)(C)C)C(=O)O. The van der Waals surface area contributed by atoms with Crippen LogP contribution in [0.3, 0.4) is 0 Å². The lowest BCUT2D eigenvalue weighted by Gasteiger charge is -2.35. The van der Waals surface area contributed by atoms with Crippen molar-refractivity contribution in [3.8, 4) is 22.9 Å². The molecular weight excluding hydrogens is 765 g/mol. The molecule has 1 saturated heterocycles. The molecule has 1 aromatic carbocycles. The number of thiazole rings is 1. The van der Waals surface area contributed by atoms with Gasteiger partial charge in [-0.15, -0.1) is 11.3 Å². The Morgan fingerprint density at radius 1 is 1.02 bits per heavy atom. The van der Waals surface area contributed by atoms with Gasteiger partial charge in [-0.05, 0) is 74.8 Å². The number of rotatable bonds is 16. The Bertz CT molecular complexity index is 2020. The van der Waals surface area contributed by atoms with Gasteiger partial charge in [0.1, 0.15) is 53.6 Å². The molecule has 15 nitrogen and oxygen atoms in total. The Balaban J connectivity index is 1.19. The van der Waals surface area contributed by atoms with Gasteiger partial charge in [-0.25, -0.2) is 19.6 Å². The topological polar surface area (TPSA) is 191 Å². The third-order valence-electron chi connectivity index (χ3n) is 11.8. The van der Waals surface area contributed by atoms with Crippen molar-refractivity contribution in [1.82, 2.24) is 25.5 Å². The van der Waals surface area contributed by atoms with Crippen LogP contribution in [-0.4, -0.2) is 107 Å². The number of nitrogens with zero attached hydrogens (tertiary/aromatic N) is 3. The van der Waals surface area contributed by atoms with Gasteiger partial charge in [0.2, 0.25) is 11.8 Å². The van der Waals surface area contributed by atoms with E-state index in [9.17, 15) is 24.3 Å². The van der Waals surface area contributed by atoms with Crippen LogP contribution < -0.4 is 25.4 Å². The first-order chi connectivity index (χ1) is 27.6. The van der Waals surface area contributed by atoms with E-state index in [1.54, 1.807) is 13.2 Å². The van der Waals surface area contributed by atoms with E-state index in [1.807, 2.05) is 65.1 Å². The number of nitrogens with one attached hydrogen (secondary N) is 3. The lowest BCUT2D eigenvalue weighted by Crippen LogP contribution is -2.59. The highest BCUT2D eigenvalue weighted by atomic mass is 32.1. The molecule has 0 radical (unpaired) electrons. The lowest BCUT2D eigenvalue weighted by molar-refractivity contribution is -0.146. The van der Waals surface area contributed by atoms with Crippen LogP contribution in [0, 0.1) is 23.2 Å². The second-order valence-corrected chi connectivity index (χ2v) is 18.5. The van der Waals surface area contributed by atoms with Crippen molar-refractivity contribution in [2.24, 2.45) is 23.2 Å². The smallest absolute Gasteiger partial charge is 0.408 e. The minimum absolute atomic E-state index is 0.00000991. The molecular formula is C42H56N6O9S. The van der Waals surface area contributed by atoms with Crippen LogP contribution in [0.2, 0.25) is 0 Å². The molecule has 3 heterocycles. The molecule has 4 N–H and O–H groups in total. The molecule has 2 aromatic heterocycles. The molecule has 4 aliphatic rings. The summed E-state index contributed by atoms with van der Waals surface area (Å²) < 4.78 is 23.6. The number of ether oxygens (including phenoxy) is 4. The normalized spacial score (nSPS) is 26.5. The minimum atomic E-state index is -1.40. The monoisotopic (exact) mass is 820 g/mol. The molecule has 7 rings (SSSR count). The molecule has 1 aliphatic heterocycles. The van der Waals surface area contributed by atoms with Gasteiger partial charge in [-0.3, -0.25) is 9.59 Å². The summed E-state index contributed by atoms with van der Waals surface area (Å²) in [6.45, 7) is 12.2. The highest BCUT2D eigenvalue weighted by molar-refractivity contribution is 7.14. The number of anilines is 1. The molecule has 8 atom stereocenters. The van der Waals surface area contributed by atoms with E-state index in [-0.39, 0.29) is 31.0 Å². The first-order valence-electron chi connectivity index (χ1n) is 20.4. The zero-order valence-corrected chi connectivity index (χ0v) is 35.1. The minimum Gasteiger partial charge on any atom is -0.491 e. The van der Waals surface area contributed by atoms with Crippen LogP contribution in [0.15, 0.2) is 29.6 Å². The summed E-state index contributed by atoms with van der Waals surface area (Å²) >= 11 is 1.46. The van der Waals surface area contributed by atoms with E-state index >= 15 is 0 Å². The van der Waals surface area contributed by atoms with Crippen molar-refractivity contribution in [2.75, 3.05) is 32.2 Å². The van der Waals surface area contributed by atoms with Crippen LogP contribution in [0.4, 0.5) is 9.93 Å². The largest absolute Gasteiger partial charge is 0.491 e. The number of amides is 3. The zero-order valence-electron chi connectivity index (χ0n) is 34.3. The number of carboxylic acids is 1. The Morgan fingerprint density at radius 3 is 2.43 bits per heavy atom. The van der Waals surface area contributed by atoms with Crippen LogP contribution in [0.1, 0.15) is 80.1 Å². The van der Waals surface area contributed by atoms with Gasteiger partial charge in [-0.1, -0.05) is 34.1 Å². The van der Waals surface area contributed by atoms with Gasteiger partial charge < -0.3 is 44.9 Å². The number of fused-ring (bicyclic) bond motifs is 2. The molecule has 3 unspecified atom stereocenters. The number of pyridine rings is 1. The second kappa shape index (κ2) is 16.5. The first kappa shape index (κ1) is 41.5. The van der Waals surface area contributed by atoms with Crippen LogP contribution in [-0.2, 0) is 23.9 Å². The van der Waals surface area contributed by atoms with Crippen LogP contribution in [0.5, 0.6) is 11.5 Å². The summed E-state index contributed by atoms with van der Waals surface area (Å²) in [6, 6.07) is 5.35. The van der Waals surface area contributed by atoms with E-state index in [0.717, 1.165) is 18.0 Å². The predicted octanol–water partition coefficient (Wildman–Crippen LogP) is 5.86. The molecule has 58 heavy (non-hydrogen) atoms. The Labute approximate surface area is 342 Å². The Hall–Kier alpha value is -4.70. The summed E-state index contributed by atoms with van der Waals surface area (Å²) in [5.74, 6) is -0.114. The maximum atomic E-state index is 14.7. The Morgan fingerprint density at radius 2 is 1.78 bits per heavy atom. The maximum Gasteiger partial charge on any atom is 0.408 e. The Kier molecular flexibility index (Phi) is 11.8. The first-order valence-corrected chi connectivity index (χ1v) is 21.2. The van der Waals surface area contributed by atoms with Crippen LogP contribution in [0.25, 0.3) is 22.3 Å². The number of carboxylic acid groups (broad SMARTS) is 1. The predicted molar refractivity (Wildman–Crippen MR) is 218 cm³/mol. The zero-order chi connectivity index (χ0) is 41.5. The van der Waals surface area contributed by atoms with Crippen molar-refractivity contribution < 1.29 is 43.2 Å². The van der Waals surface area contributed by atoms with Gasteiger partial charge in [0.25, 0.3) is 0 Å². The molecule has 314 valence electrons. The highest BCUT2D eigenvalue weighted by Crippen LogP contribution is 2.52. The van der Waals surface area contributed by atoms with Gasteiger partial charge in [0.05, 0.1) is 24.4 Å². The summed E-state index contributed by atoms with van der Waals surface area (Å²) in [4.78, 5) is 65.8. The van der Waals surface area contributed by atoms with E-state index in [2.05, 4.69) is 16.0 Å². The standard InChI is InChI=1S/C42H56N6O9S/c1-8-25-19-42(25,38(51)52)47-36(49)33-17-28(20-48(33)37(50)35(41(4,5)6)46-40(53)57-27-14-23-13-24(23)15-27)56-34-18-31(32-21-58-39(45-32)43-22(2)3)44-30-16-26(9-10-29(30)34)55-12-11-54-7/h9-10,16,18,21-25,27-28,33,35H,8,11-15,17,19-20H2,1-7H3,(H,43,45)(H,46,53)(H,47,49)(H,51,52)/t23-,24+,25?,27?,28?,33-,35+,42+/m0/s1. The highest BCUT2D eigenvalue weighted by Gasteiger charge is 2.61. The number of likely N-dealkylation sites (tertiary alicyclic amines) is 1. The molecule has 0 bridgehead atoms. The molecule has 0 spiro atoms. The molecule has 4 fully saturated rings. The van der Waals surface area contributed by atoms with E-state index in [1.165, 1.54) is 22.7 Å². The lowest BCUT2D eigenvalue weighted by atomic mass is 9.85. The number of aliphatic carboxylic acids is 1. The number of carbonyl (C=O) groups is 4. The van der Waals surface area contributed by atoms with E-state index < -0.39 is 53.0 Å². The summed E-state index contributed by atoms with van der Waals surface area (Å²) in [7, 11) is 1.61. The fourth-order valence-corrected chi connectivity index (χ4v) is 9.32. The van der Waals surface area contributed by atoms with Gasteiger partial charge >= 0.3 is 12.1 Å². The molecule has 16 heteroatoms. The average molecular weight is 821 g/mol. The van der Waals surface area contributed by atoms with Gasteiger partial charge in [0, 0.05) is 42.5 Å². The molecule has 3 saturated carbocycles. The van der Waals surface area contributed by atoms with E-state index in [0.29, 0.717) is 71.7 Å². The number of carbonyl (C=O) groups excluding carboxylic acids is 3. The fourth-order valence-electron chi connectivity index (χ4n) is 8.46. The molecule has 3 aliphatic carbocycles. The fraction of sp³-hybridized carbons (Fsp3) is 0.619. The van der Waals surface area contributed by atoms with Gasteiger partial charge in [0.15, 0.2) is 5.13 Å². The number of hydrogen-bond acceptors (Lipinski definition) is 12.